The zero-order chi connectivity index (χ0) is 15.4. The summed E-state index contributed by atoms with van der Waals surface area (Å²) in [4.78, 5) is 15.6. The monoisotopic (exact) mass is 348 g/mol. The lowest BCUT2D eigenvalue weighted by Gasteiger charge is -2.30. The van der Waals surface area contributed by atoms with Crippen LogP contribution < -0.4 is 10.6 Å². The minimum Gasteiger partial charge on any atom is -0.398 e. The van der Waals surface area contributed by atoms with E-state index in [1.807, 2.05) is 41.3 Å². The van der Waals surface area contributed by atoms with E-state index in [1.165, 1.54) is 4.90 Å². The van der Waals surface area contributed by atoms with Crippen LogP contribution in [0.3, 0.4) is 0 Å². The van der Waals surface area contributed by atoms with E-state index in [0.29, 0.717) is 6.42 Å². The van der Waals surface area contributed by atoms with Crippen molar-refractivity contribution >= 4 is 41.5 Å². The summed E-state index contributed by atoms with van der Waals surface area (Å²) in [6, 6.07) is 16.0. The predicted octanol–water partition coefficient (Wildman–Crippen LogP) is 4.15. The van der Waals surface area contributed by atoms with Gasteiger partial charge in [0.1, 0.15) is 0 Å². The van der Waals surface area contributed by atoms with Crippen LogP contribution >= 0.6 is 24.2 Å². The molecule has 1 aliphatic rings. The quantitative estimate of drug-likeness (QED) is 0.666. The highest BCUT2D eigenvalue weighted by molar-refractivity contribution is 7.99. The van der Waals surface area contributed by atoms with Crippen LogP contribution in [0.4, 0.5) is 11.4 Å². The van der Waals surface area contributed by atoms with E-state index >= 15 is 0 Å². The van der Waals surface area contributed by atoms with E-state index < -0.39 is 0 Å². The van der Waals surface area contributed by atoms with Crippen LogP contribution in [0.5, 0.6) is 0 Å². The Morgan fingerprint density at radius 2 is 1.91 bits per heavy atom. The Bertz CT molecular complexity index is 663. The van der Waals surface area contributed by atoms with Gasteiger partial charge in [0.25, 0.3) is 0 Å². The lowest BCUT2D eigenvalue weighted by atomic mass is 9.99. The van der Waals surface area contributed by atoms with Crippen molar-refractivity contribution in [1.82, 2.24) is 0 Å². The molecule has 2 aromatic carbocycles. The molecule has 0 saturated heterocycles. The van der Waals surface area contributed by atoms with Gasteiger partial charge < -0.3 is 10.6 Å². The number of nitrogens with zero attached hydrogens (tertiary/aromatic N) is 1. The van der Waals surface area contributed by atoms with Gasteiger partial charge in [0.15, 0.2) is 0 Å². The first-order valence-electron chi connectivity index (χ1n) is 7.61. The van der Waals surface area contributed by atoms with Gasteiger partial charge in [-0.1, -0.05) is 24.3 Å². The molecule has 1 heterocycles. The van der Waals surface area contributed by atoms with Gasteiger partial charge in [-0.05, 0) is 42.7 Å². The number of amides is 1. The van der Waals surface area contributed by atoms with Crippen molar-refractivity contribution in [2.24, 2.45) is 0 Å². The van der Waals surface area contributed by atoms with Crippen LogP contribution in [0.25, 0.3) is 0 Å². The number of carbonyl (C=O) groups is 1. The van der Waals surface area contributed by atoms with Gasteiger partial charge in [-0.25, -0.2) is 0 Å². The minimum absolute atomic E-state index is 0. The molecule has 2 aromatic rings. The van der Waals surface area contributed by atoms with Crippen LogP contribution in [-0.4, -0.2) is 18.2 Å². The molecular formula is C18H21ClN2OS. The molecule has 2 N–H and O–H groups in total. The topological polar surface area (TPSA) is 46.3 Å². The van der Waals surface area contributed by atoms with E-state index in [0.717, 1.165) is 42.1 Å². The molecule has 0 spiro atoms. The van der Waals surface area contributed by atoms with Gasteiger partial charge in [0.2, 0.25) is 5.91 Å². The summed E-state index contributed by atoms with van der Waals surface area (Å²) in [5.74, 6) is 0.992. The maximum Gasteiger partial charge on any atom is 0.227 e. The summed E-state index contributed by atoms with van der Waals surface area (Å²) >= 11 is 1.73. The number of thioether (sulfide) groups is 1. The number of nitrogens with two attached hydrogens (primary N) is 1. The number of fused-ring (bicyclic) bond motifs is 1. The number of benzene rings is 2. The van der Waals surface area contributed by atoms with Gasteiger partial charge in [-0.3, -0.25) is 4.79 Å². The van der Waals surface area contributed by atoms with E-state index in [4.69, 9.17) is 5.73 Å². The highest BCUT2D eigenvalue weighted by Gasteiger charge is 2.23. The average molecular weight is 349 g/mol. The summed E-state index contributed by atoms with van der Waals surface area (Å²) < 4.78 is 0. The van der Waals surface area contributed by atoms with Crippen molar-refractivity contribution < 1.29 is 4.79 Å². The smallest absolute Gasteiger partial charge is 0.227 e. The average Bonchev–Trinajstić information content (AvgIpc) is 2.56. The lowest BCUT2D eigenvalue weighted by Crippen LogP contribution is -2.35. The molecule has 1 amide bonds. The molecule has 5 heteroatoms. The second kappa shape index (κ2) is 8.27. The minimum atomic E-state index is 0. The standard InChI is InChI=1S/C18H20N2OS.ClH/c19-16-9-4-10-17-15(16)8-5-12-20(17)18(21)11-13-22-14-6-2-1-3-7-14;/h1-4,6-7,9-10H,5,8,11-13,19H2;1H. The maximum absolute atomic E-state index is 12.5. The van der Waals surface area contributed by atoms with Gasteiger partial charge in [-0.15, -0.1) is 24.2 Å². The summed E-state index contributed by atoms with van der Waals surface area (Å²) in [5.41, 5.74) is 8.96. The zero-order valence-corrected chi connectivity index (χ0v) is 14.5. The lowest BCUT2D eigenvalue weighted by molar-refractivity contribution is -0.118. The second-order valence-corrected chi connectivity index (χ2v) is 6.57. The number of anilines is 2. The van der Waals surface area contributed by atoms with Crippen LogP contribution in [-0.2, 0) is 11.2 Å². The second-order valence-electron chi connectivity index (χ2n) is 5.41. The Hall–Kier alpha value is -1.65. The Labute approximate surface area is 147 Å². The fourth-order valence-electron chi connectivity index (χ4n) is 2.82. The van der Waals surface area contributed by atoms with Gasteiger partial charge in [0.05, 0.1) is 0 Å². The normalized spacial score (nSPS) is 13.1. The molecule has 23 heavy (non-hydrogen) atoms. The maximum atomic E-state index is 12.5. The largest absolute Gasteiger partial charge is 0.398 e. The molecule has 0 unspecified atom stereocenters. The Morgan fingerprint density at radius 1 is 1.13 bits per heavy atom. The summed E-state index contributed by atoms with van der Waals surface area (Å²) in [6.45, 7) is 0.797. The molecule has 0 saturated carbocycles. The van der Waals surface area contributed by atoms with Gasteiger partial charge in [0, 0.05) is 35.0 Å². The number of hydrogen-bond donors (Lipinski definition) is 1. The first-order valence-corrected chi connectivity index (χ1v) is 8.60. The Kier molecular flexibility index (Phi) is 6.37. The van der Waals surface area contributed by atoms with Crippen LogP contribution in [0.2, 0.25) is 0 Å². The first-order chi connectivity index (χ1) is 10.8. The van der Waals surface area contributed by atoms with E-state index in [1.54, 1.807) is 11.8 Å². The number of rotatable bonds is 4. The van der Waals surface area contributed by atoms with E-state index in [-0.39, 0.29) is 18.3 Å². The van der Waals surface area contributed by atoms with Crippen molar-refractivity contribution in [2.75, 3.05) is 22.9 Å². The number of nitrogen functional groups attached to an aromatic ring is 1. The number of carbonyl (C=O) groups excluding carboxylic acids is 1. The molecule has 3 nitrogen and oxygen atoms in total. The molecule has 0 aliphatic carbocycles. The Balaban J connectivity index is 0.00000192. The number of halogens is 1. The summed E-state index contributed by atoms with van der Waals surface area (Å²) in [7, 11) is 0. The first kappa shape index (κ1) is 17.7. The van der Waals surface area contributed by atoms with E-state index in [2.05, 4.69) is 12.1 Å². The SMILES string of the molecule is Cl.Nc1cccc2c1CCCN2C(=O)CCSc1ccccc1. The van der Waals surface area contributed by atoms with Crippen molar-refractivity contribution in [2.45, 2.75) is 24.2 Å². The summed E-state index contributed by atoms with van der Waals surface area (Å²) in [6.07, 6.45) is 2.50. The van der Waals surface area contributed by atoms with Crippen molar-refractivity contribution in [3.8, 4) is 0 Å². The molecule has 0 radical (unpaired) electrons. The van der Waals surface area contributed by atoms with Crippen LogP contribution in [0, 0.1) is 0 Å². The molecule has 0 fully saturated rings. The molecule has 122 valence electrons. The zero-order valence-electron chi connectivity index (χ0n) is 12.9. The highest BCUT2D eigenvalue weighted by atomic mass is 35.5. The third kappa shape index (κ3) is 4.21. The van der Waals surface area contributed by atoms with Crippen LogP contribution in [0.15, 0.2) is 53.4 Å². The summed E-state index contributed by atoms with van der Waals surface area (Å²) in [5, 5.41) is 0. The van der Waals surface area contributed by atoms with E-state index in [9.17, 15) is 4.79 Å². The third-order valence-electron chi connectivity index (χ3n) is 3.92. The molecule has 0 bridgehead atoms. The fourth-order valence-corrected chi connectivity index (χ4v) is 3.68. The van der Waals surface area contributed by atoms with Gasteiger partial charge >= 0.3 is 0 Å². The molecule has 0 atom stereocenters. The van der Waals surface area contributed by atoms with Crippen molar-refractivity contribution in [3.05, 3.63) is 54.1 Å². The molecule has 1 aliphatic heterocycles. The predicted molar refractivity (Wildman–Crippen MR) is 101 cm³/mol. The van der Waals surface area contributed by atoms with Gasteiger partial charge in [-0.2, -0.15) is 0 Å². The fraction of sp³-hybridized carbons (Fsp3) is 0.278. The third-order valence-corrected chi connectivity index (χ3v) is 4.93. The number of hydrogen-bond acceptors (Lipinski definition) is 3. The molecule has 3 rings (SSSR count). The molecule has 0 aromatic heterocycles. The highest BCUT2D eigenvalue weighted by Crippen LogP contribution is 2.32. The Morgan fingerprint density at radius 3 is 2.70 bits per heavy atom. The van der Waals surface area contributed by atoms with Crippen LogP contribution in [0.1, 0.15) is 18.4 Å². The van der Waals surface area contributed by atoms with Crippen molar-refractivity contribution in [3.63, 3.8) is 0 Å². The molecular weight excluding hydrogens is 328 g/mol. The van der Waals surface area contributed by atoms with Crippen molar-refractivity contribution in [1.29, 1.82) is 0 Å².